The van der Waals surface area contributed by atoms with Crippen molar-refractivity contribution in [2.24, 2.45) is 0 Å². The van der Waals surface area contributed by atoms with E-state index in [0.717, 1.165) is 46.2 Å². The molecule has 0 bridgehead atoms. The van der Waals surface area contributed by atoms with E-state index in [0.29, 0.717) is 11.7 Å². The summed E-state index contributed by atoms with van der Waals surface area (Å²) in [5, 5.41) is 16.1. The molecular formula is C19H19N3O2S2. The predicted molar refractivity (Wildman–Crippen MR) is 107 cm³/mol. The highest BCUT2D eigenvalue weighted by Crippen LogP contribution is 2.32. The Labute approximate surface area is 162 Å². The van der Waals surface area contributed by atoms with E-state index in [9.17, 15) is 0 Å². The maximum atomic E-state index is 9.09. The summed E-state index contributed by atoms with van der Waals surface area (Å²) in [7, 11) is 0. The highest BCUT2D eigenvalue weighted by atomic mass is 32.2. The summed E-state index contributed by atoms with van der Waals surface area (Å²) in [5.74, 6) is 3.29. The Hall–Kier alpha value is -2.43. The van der Waals surface area contributed by atoms with Crippen LogP contribution in [0.3, 0.4) is 0 Å². The first-order chi connectivity index (χ1) is 12.8. The largest absolute Gasteiger partial charge is 0.454 e. The van der Waals surface area contributed by atoms with Crippen LogP contribution in [-0.4, -0.2) is 24.2 Å². The Morgan fingerprint density at radius 2 is 2.00 bits per heavy atom. The Morgan fingerprint density at radius 1 is 1.15 bits per heavy atom. The number of rotatable bonds is 7. The van der Waals surface area contributed by atoms with E-state index in [1.807, 2.05) is 42.5 Å². The first kappa shape index (κ1) is 18.4. The van der Waals surface area contributed by atoms with Crippen LogP contribution in [0.2, 0.25) is 0 Å². The van der Waals surface area contributed by atoms with Gasteiger partial charge in [0, 0.05) is 24.6 Å². The average molecular weight is 386 g/mol. The Kier molecular flexibility index (Phi) is 6.58. The molecule has 1 heterocycles. The third-order valence-electron chi connectivity index (χ3n) is 3.82. The zero-order valence-electron chi connectivity index (χ0n) is 14.2. The van der Waals surface area contributed by atoms with E-state index in [1.165, 1.54) is 0 Å². The number of hydrogen-bond donors (Lipinski definition) is 2. The molecule has 0 aromatic heterocycles. The van der Waals surface area contributed by atoms with Crippen LogP contribution < -0.4 is 20.1 Å². The molecule has 2 aromatic carbocycles. The van der Waals surface area contributed by atoms with Crippen molar-refractivity contribution in [3.63, 3.8) is 0 Å². The summed E-state index contributed by atoms with van der Waals surface area (Å²) in [6.45, 7) is 1.68. The minimum Gasteiger partial charge on any atom is -0.454 e. The molecular weight excluding hydrogens is 366 g/mol. The number of thiocarbonyl (C=S) groups is 1. The molecule has 0 spiro atoms. The second-order valence-corrected chi connectivity index (χ2v) is 7.13. The molecule has 0 aliphatic carbocycles. The van der Waals surface area contributed by atoms with Crippen molar-refractivity contribution in [1.29, 1.82) is 5.26 Å². The van der Waals surface area contributed by atoms with Crippen molar-refractivity contribution in [3.05, 3.63) is 59.2 Å². The van der Waals surface area contributed by atoms with Gasteiger partial charge in [0.1, 0.15) is 0 Å². The molecule has 0 saturated heterocycles. The molecule has 134 valence electrons. The van der Waals surface area contributed by atoms with Crippen LogP contribution in [-0.2, 0) is 12.3 Å². The topological polar surface area (TPSA) is 66.3 Å². The van der Waals surface area contributed by atoms with Crippen LogP contribution in [0.25, 0.3) is 0 Å². The van der Waals surface area contributed by atoms with Gasteiger partial charge in [-0.25, -0.2) is 0 Å². The van der Waals surface area contributed by atoms with Crippen molar-refractivity contribution in [3.8, 4) is 17.6 Å². The number of benzene rings is 2. The summed E-state index contributed by atoms with van der Waals surface area (Å²) in [6, 6.07) is 15.8. The molecule has 2 N–H and O–H groups in total. The van der Waals surface area contributed by atoms with Gasteiger partial charge in [0.05, 0.1) is 11.6 Å². The monoisotopic (exact) mass is 385 g/mol. The summed E-state index contributed by atoms with van der Waals surface area (Å²) >= 11 is 7.08. The van der Waals surface area contributed by atoms with Gasteiger partial charge in [0.15, 0.2) is 16.6 Å². The van der Waals surface area contributed by atoms with E-state index in [4.69, 9.17) is 27.0 Å². The van der Waals surface area contributed by atoms with Crippen LogP contribution in [0.5, 0.6) is 11.5 Å². The summed E-state index contributed by atoms with van der Waals surface area (Å²) in [5.41, 5.74) is 2.90. The van der Waals surface area contributed by atoms with Crippen LogP contribution >= 0.6 is 24.0 Å². The number of ether oxygens (including phenoxy) is 2. The lowest BCUT2D eigenvalue weighted by Crippen LogP contribution is -2.36. The first-order valence-electron chi connectivity index (χ1n) is 8.22. The van der Waals surface area contributed by atoms with E-state index >= 15 is 0 Å². The molecule has 0 amide bonds. The summed E-state index contributed by atoms with van der Waals surface area (Å²) in [6.07, 6.45) is 0. The Balaban J connectivity index is 1.33. The minimum absolute atomic E-state index is 0.280. The normalized spacial score (nSPS) is 11.7. The smallest absolute Gasteiger partial charge is 0.231 e. The van der Waals surface area contributed by atoms with Crippen molar-refractivity contribution in [1.82, 2.24) is 10.6 Å². The molecule has 2 aromatic rings. The fourth-order valence-electron chi connectivity index (χ4n) is 2.47. The molecule has 5 nitrogen and oxygen atoms in total. The molecule has 0 saturated carbocycles. The van der Waals surface area contributed by atoms with Gasteiger partial charge >= 0.3 is 0 Å². The van der Waals surface area contributed by atoms with Gasteiger partial charge in [0.25, 0.3) is 0 Å². The number of nitrogens with zero attached hydrogens (tertiary/aromatic N) is 1. The van der Waals surface area contributed by atoms with Crippen LogP contribution in [0.4, 0.5) is 0 Å². The van der Waals surface area contributed by atoms with E-state index in [-0.39, 0.29) is 6.79 Å². The van der Waals surface area contributed by atoms with Crippen LogP contribution in [0, 0.1) is 11.3 Å². The molecule has 1 aliphatic rings. The number of thioether (sulfide) groups is 1. The zero-order valence-corrected chi connectivity index (χ0v) is 15.8. The minimum atomic E-state index is 0.280. The third-order valence-corrected chi connectivity index (χ3v) is 5.11. The molecule has 0 fully saturated rings. The summed E-state index contributed by atoms with van der Waals surface area (Å²) < 4.78 is 10.7. The van der Waals surface area contributed by atoms with Crippen LogP contribution in [0.15, 0.2) is 42.5 Å². The fourth-order valence-corrected chi connectivity index (χ4v) is 3.51. The predicted octanol–water partition coefficient (Wildman–Crippen LogP) is 3.18. The maximum Gasteiger partial charge on any atom is 0.231 e. The zero-order chi connectivity index (χ0) is 18.2. The average Bonchev–Trinajstić information content (AvgIpc) is 3.14. The number of nitrogens with one attached hydrogen (secondary N) is 2. The molecule has 1 aliphatic heterocycles. The maximum absolute atomic E-state index is 9.09. The quantitative estimate of drug-likeness (QED) is 0.560. The van der Waals surface area contributed by atoms with Gasteiger partial charge in [0.2, 0.25) is 6.79 Å². The summed E-state index contributed by atoms with van der Waals surface area (Å²) in [4.78, 5) is 0. The molecule has 7 heteroatoms. The second-order valence-electron chi connectivity index (χ2n) is 5.62. The van der Waals surface area contributed by atoms with Crippen LogP contribution in [0.1, 0.15) is 16.7 Å². The fraction of sp³-hybridized carbons (Fsp3) is 0.263. The molecule has 26 heavy (non-hydrogen) atoms. The highest BCUT2D eigenvalue weighted by molar-refractivity contribution is 7.98. The SMILES string of the molecule is N#Cc1ccccc1CSCCNC(=S)NCc1ccc2c(c1)OCO2. The Bertz CT molecular complexity index is 821. The molecule has 0 unspecified atom stereocenters. The lowest BCUT2D eigenvalue weighted by molar-refractivity contribution is 0.174. The number of fused-ring (bicyclic) bond motifs is 1. The lowest BCUT2D eigenvalue weighted by Gasteiger charge is -2.11. The molecule has 0 atom stereocenters. The van der Waals surface area contributed by atoms with Crippen molar-refractivity contribution in [2.45, 2.75) is 12.3 Å². The van der Waals surface area contributed by atoms with Crippen molar-refractivity contribution < 1.29 is 9.47 Å². The van der Waals surface area contributed by atoms with Gasteiger partial charge in [-0.3, -0.25) is 0 Å². The van der Waals surface area contributed by atoms with E-state index in [2.05, 4.69) is 16.7 Å². The third kappa shape index (κ3) is 5.04. The van der Waals surface area contributed by atoms with Gasteiger partial charge in [-0.05, 0) is 41.5 Å². The van der Waals surface area contributed by atoms with Gasteiger partial charge in [-0.1, -0.05) is 24.3 Å². The molecule has 0 radical (unpaired) electrons. The first-order valence-corrected chi connectivity index (χ1v) is 9.78. The standard InChI is InChI=1S/C19H19N3O2S2/c20-10-15-3-1-2-4-16(15)12-26-8-7-21-19(25)22-11-14-5-6-17-18(9-14)24-13-23-17/h1-6,9H,7-8,11-13H2,(H2,21,22,25). The Morgan fingerprint density at radius 3 is 2.88 bits per heavy atom. The van der Waals surface area contributed by atoms with E-state index < -0.39 is 0 Å². The number of hydrogen-bond acceptors (Lipinski definition) is 5. The molecule has 3 rings (SSSR count). The van der Waals surface area contributed by atoms with Crippen molar-refractivity contribution >= 4 is 29.1 Å². The lowest BCUT2D eigenvalue weighted by atomic mass is 10.1. The van der Waals surface area contributed by atoms with Gasteiger partial charge in [-0.15, -0.1) is 0 Å². The number of nitriles is 1. The highest BCUT2D eigenvalue weighted by Gasteiger charge is 2.13. The van der Waals surface area contributed by atoms with Crippen molar-refractivity contribution in [2.75, 3.05) is 19.1 Å². The van der Waals surface area contributed by atoms with Gasteiger partial charge < -0.3 is 20.1 Å². The van der Waals surface area contributed by atoms with Gasteiger partial charge in [-0.2, -0.15) is 17.0 Å². The van der Waals surface area contributed by atoms with E-state index in [1.54, 1.807) is 11.8 Å². The second kappa shape index (κ2) is 9.32.